The largest absolute Gasteiger partial charge is 0.380 e. The number of nitrogens with zero attached hydrogens (tertiary/aromatic N) is 4. The molecule has 1 aromatic rings. The number of ether oxygens (including phenoxy) is 1. The minimum absolute atomic E-state index is 0.0236. The Morgan fingerprint density at radius 3 is 2.80 bits per heavy atom. The van der Waals surface area contributed by atoms with Gasteiger partial charge < -0.3 is 4.74 Å². The predicted molar refractivity (Wildman–Crippen MR) is 77.9 cm³/mol. The Bertz CT molecular complexity index is 393. The van der Waals surface area contributed by atoms with Crippen molar-refractivity contribution in [1.29, 1.82) is 0 Å². The second-order valence-electron chi connectivity index (χ2n) is 4.61. The van der Waals surface area contributed by atoms with E-state index in [0.717, 1.165) is 45.9 Å². The number of anilines is 1. The first-order valence-electron chi connectivity index (χ1n) is 6.86. The van der Waals surface area contributed by atoms with E-state index in [1.165, 1.54) is 11.3 Å². The number of rotatable bonds is 7. The smallest absolute Gasteiger partial charge is 0.240 e. The lowest BCUT2D eigenvalue weighted by molar-refractivity contribution is -0.117. The number of carbonyl (C=O) groups is 1. The molecule has 7 nitrogen and oxygen atoms in total. The molecular formula is C12H21N5O2S. The van der Waals surface area contributed by atoms with E-state index in [-0.39, 0.29) is 5.91 Å². The summed E-state index contributed by atoms with van der Waals surface area (Å²) in [6.45, 7) is 8.75. The van der Waals surface area contributed by atoms with Gasteiger partial charge in [-0.1, -0.05) is 11.3 Å². The van der Waals surface area contributed by atoms with Gasteiger partial charge in [-0.3, -0.25) is 19.9 Å². The molecule has 1 saturated heterocycles. The molecule has 0 aromatic carbocycles. The zero-order chi connectivity index (χ0) is 14.2. The normalized spacial score (nSPS) is 17.2. The molecule has 1 N–H and O–H groups in total. The summed E-state index contributed by atoms with van der Waals surface area (Å²) in [7, 11) is 0. The highest BCUT2D eigenvalue weighted by Gasteiger charge is 2.18. The van der Waals surface area contributed by atoms with E-state index in [9.17, 15) is 4.79 Å². The lowest BCUT2D eigenvalue weighted by Crippen LogP contribution is -2.49. The molecule has 0 unspecified atom stereocenters. The van der Waals surface area contributed by atoms with Gasteiger partial charge in [-0.05, 0) is 6.92 Å². The van der Waals surface area contributed by atoms with Crippen LogP contribution < -0.4 is 5.32 Å². The Morgan fingerprint density at radius 2 is 2.15 bits per heavy atom. The topological polar surface area (TPSA) is 70.6 Å². The summed E-state index contributed by atoms with van der Waals surface area (Å²) in [4.78, 5) is 16.4. The first kappa shape index (κ1) is 15.3. The minimum Gasteiger partial charge on any atom is -0.380 e. The van der Waals surface area contributed by atoms with Gasteiger partial charge in [0, 0.05) is 39.3 Å². The number of nitrogens with one attached hydrogen (secondary N) is 1. The van der Waals surface area contributed by atoms with Gasteiger partial charge in [0.1, 0.15) is 5.51 Å². The van der Waals surface area contributed by atoms with Crippen LogP contribution in [-0.4, -0.2) is 78.4 Å². The fraction of sp³-hybridized carbons (Fsp3) is 0.750. The highest BCUT2D eigenvalue weighted by molar-refractivity contribution is 7.13. The van der Waals surface area contributed by atoms with E-state index >= 15 is 0 Å². The number of amides is 1. The zero-order valence-corrected chi connectivity index (χ0v) is 12.6. The van der Waals surface area contributed by atoms with E-state index in [1.54, 1.807) is 5.51 Å². The average molecular weight is 299 g/mol. The maximum absolute atomic E-state index is 11.8. The van der Waals surface area contributed by atoms with Gasteiger partial charge in [0.15, 0.2) is 0 Å². The third-order valence-corrected chi connectivity index (χ3v) is 3.80. The number of aromatic nitrogens is 2. The Labute approximate surface area is 122 Å². The van der Waals surface area contributed by atoms with Gasteiger partial charge >= 0.3 is 0 Å². The van der Waals surface area contributed by atoms with E-state index in [4.69, 9.17) is 4.74 Å². The maximum atomic E-state index is 11.8. The molecule has 20 heavy (non-hydrogen) atoms. The van der Waals surface area contributed by atoms with Crippen LogP contribution in [0.1, 0.15) is 6.92 Å². The molecule has 2 rings (SSSR count). The molecule has 0 saturated carbocycles. The lowest BCUT2D eigenvalue weighted by atomic mass is 10.3. The lowest BCUT2D eigenvalue weighted by Gasteiger charge is -2.34. The highest BCUT2D eigenvalue weighted by atomic mass is 32.1. The molecule has 0 spiro atoms. The van der Waals surface area contributed by atoms with E-state index < -0.39 is 0 Å². The molecule has 2 heterocycles. The van der Waals surface area contributed by atoms with Crippen LogP contribution in [0.3, 0.4) is 0 Å². The zero-order valence-electron chi connectivity index (χ0n) is 11.7. The van der Waals surface area contributed by atoms with E-state index in [0.29, 0.717) is 11.7 Å². The van der Waals surface area contributed by atoms with Gasteiger partial charge in [0.2, 0.25) is 11.0 Å². The Morgan fingerprint density at radius 1 is 1.40 bits per heavy atom. The van der Waals surface area contributed by atoms with Gasteiger partial charge in [-0.2, -0.15) is 0 Å². The van der Waals surface area contributed by atoms with Crippen molar-refractivity contribution in [3.8, 4) is 0 Å². The van der Waals surface area contributed by atoms with Gasteiger partial charge in [0.25, 0.3) is 0 Å². The van der Waals surface area contributed by atoms with Crippen LogP contribution in [0.25, 0.3) is 0 Å². The molecule has 8 heteroatoms. The molecule has 0 aliphatic carbocycles. The summed E-state index contributed by atoms with van der Waals surface area (Å²) in [6, 6.07) is 0. The van der Waals surface area contributed by atoms with Crippen LogP contribution in [0, 0.1) is 0 Å². The van der Waals surface area contributed by atoms with Crippen molar-refractivity contribution in [3.63, 3.8) is 0 Å². The van der Waals surface area contributed by atoms with Crippen molar-refractivity contribution >= 4 is 22.4 Å². The summed E-state index contributed by atoms with van der Waals surface area (Å²) in [6.07, 6.45) is 0. The van der Waals surface area contributed by atoms with Crippen molar-refractivity contribution in [2.24, 2.45) is 0 Å². The highest BCUT2D eigenvalue weighted by Crippen LogP contribution is 2.08. The third kappa shape index (κ3) is 5.12. The minimum atomic E-state index is -0.0236. The Kier molecular flexibility index (Phi) is 6.31. The second-order valence-corrected chi connectivity index (χ2v) is 5.44. The predicted octanol–water partition coefficient (Wildman–Crippen LogP) is 0.131. The molecule has 0 bridgehead atoms. The number of piperazine rings is 1. The summed E-state index contributed by atoms with van der Waals surface area (Å²) in [5, 5.41) is 10.8. The average Bonchev–Trinajstić information content (AvgIpc) is 2.94. The van der Waals surface area contributed by atoms with Crippen LogP contribution in [0.4, 0.5) is 5.13 Å². The fourth-order valence-corrected chi connectivity index (χ4v) is 2.56. The van der Waals surface area contributed by atoms with Gasteiger partial charge in [-0.25, -0.2) is 0 Å². The Hall–Kier alpha value is -1.09. The molecule has 1 fully saturated rings. The summed E-state index contributed by atoms with van der Waals surface area (Å²) < 4.78 is 5.36. The van der Waals surface area contributed by atoms with Crippen molar-refractivity contribution in [2.45, 2.75) is 6.92 Å². The summed E-state index contributed by atoms with van der Waals surface area (Å²) in [5.74, 6) is -0.0236. The van der Waals surface area contributed by atoms with Crippen LogP contribution in [0.5, 0.6) is 0 Å². The van der Waals surface area contributed by atoms with Crippen molar-refractivity contribution in [2.75, 3.05) is 57.8 Å². The molecule has 1 aliphatic rings. The number of hydrogen-bond acceptors (Lipinski definition) is 7. The van der Waals surface area contributed by atoms with Crippen molar-refractivity contribution < 1.29 is 9.53 Å². The molecule has 0 atom stereocenters. The van der Waals surface area contributed by atoms with E-state index in [1.807, 2.05) is 6.92 Å². The molecule has 0 radical (unpaired) electrons. The van der Waals surface area contributed by atoms with Crippen LogP contribution in [0.15, 0.2) is 5.51 Å². The summed E-state index contributed by atoms with van der Waals surface area (Å²) >= 11 is 1.33. The second kappa shape index (κ2) is 8.25. The van der Waals surface area contributed by atoms with Crippen LogP contribution in [-0.2, 0) is 9.53 Å². The number of carbonyl (C=O) groups excluding carboxylic acids is 1. The first-order valence-corrected chi connectivity index (χ1v) is 7.74. The SMILES string of the molecule is CCOCCN1CCN(CC(=O)Nc2nncs2)CC1. The van der Waals surface area contributed by atoms with Crippen LogP contribution in [0.2, 0.25) is 0 Å². The maximum Gasteiger partial charge on any atom is 0.240 e. The quantitative estimate of drug-likeness (QED) is 0.722. The molecule has 1 amide bonds. The van der Waals surface area contributed by atoms with Crippen molar-refractivity contribution in [1.82, 2.24) is 20.0 Å². The fourth-order valence-electron chi connectivity index (χ4n) is 2.10. The van der Waals surface area contributed by atoms with Gasteiger partial charge in [-0.15, -0.1) is 10.2 Å². The molecular weight excluding hydrogens is 278 g/mol. The number of hydrogen-bond donors (Lipinski definition) is 1. The Balaban J connectivity index is 1.62. The van der Waals surface area contributed by atoms with E-state index in [2.05, 4.69) is 25.3 Å². The van der Waals surface area contributed by atoms with Gasteiger partial charge in [0.05, 0.1) is 13.2 Å². The molecule has 112 valence electrons. The van der Waals surface area contributed by atoms with Crippen LogP contribution >= 0.6 is 11.3 Å². The first-order chi connectivity index (χ1) is 9.78. The standard InChI is InChI=1S/C12H21N5O2S/c1-2-19-8-7-16-3-5-17(6-4-16)9-11(18)14-12-15-13-10-20-12/h10H,2-9H2,1H3,(H,14,15,18). The molecule has 1 aromatic heterocycles. The third-order valence-electron chi connectivity index (χ3n) is 3.19. The summed E-state index contributed by atoms with van der Waals surface area (Å²) in [5.41, 5.74) is 1.60. The monoisotopic (exact) mass is 299 g/mol. The molecule has 1 aliphatic heterocycles. The van der Waals surface area contributed by atoms with Crippen molar-refractivity contribution in [3.05, 3.63) is 5.51 Å².